The van der Waals surface area contributed by atoms with Gasteiger partial charge in [0, 0.05) is 0 Å². The predicted octanol–water partition coefficient (Wildman–Crippen LogP) is 1.08. The van der Waals surface area contributed by atoms with Crippen LogP contribution in [0.3, 0.4) is 0 Å². The molecule has 0 atom stereocenters. The van der Waals surface area contributed by atoms with Gasteiger partial charge in [0.2, 0.25) is 0 Å². The topological polar surface area (TPSA) is 87.0 Å². The molecule has 3 heterocycles. The minimum atomic E-state index is -2.90. The highest BCUT2D eigenvalue weighted by atomic mass is 32.2. The van der Waals surface area contributed by atoms with Crippen molar-refractivity contribution in [2.45, 2.75) is 18.9 Å². The number of ether oxygens (including phenoxy) is 2. The van der Waals surface area contributed by atoms with Gasteiger partial charge in [0.1, 0.15) is 17.4 Å². The third-order valence-electron chi connectivity index (χ3n) is 3.70. The molecule has 0 spiro atoms. The van der Waals surface area contributed by atoms with Crippen LogP contribution in [0.5, 0.6) is 5.75 Å². The van der Waals surface area contributed by atoms with Crippen molar-refractivity contribution in [3.05, 3.63) is 30.1 Å². The maximum atomic E-state index is 11.6. The van der Waals surface area contributed by atoms with Gasteiger partial charge in [-0.3, -0.25) is 0 Å². The number of aromatic nitrogens is 2. The van der Waals surface area contributed by atoms with E-state index in [0.29, 0.717) is 29.7 Å². The summed E-state index contributed by atoms with van der Waals surface area (Å²) < 4.78 is 34.9. The molecular weight excluding hydrogens is 308 g/mol. The van der Waals surface area contributed by atoms with E-state index in [2.05, 4.69) is 5.10 Å². The largest absolute Gasteiger partial charge is 0.489 e. The van der Waals surface area contributed by atoms with Gasteiger partial charge in [0.25, 0.3) is 0 Å². The first-order chi connectivity index (χ1) is 10.5. The SMILES string of the molecule is COC(=O)c1cnn2cc(OC3CCS(=O)(=O)CC3)ccc12. The number of carbonyl (C=O) groups excluding carboxylic acids is 1. The second-order valence-corrected chi connectivity index (χ2v) is 7.52. The Morgan fingerprint density at radius 1 is 1.32 bits per heavy atom. The standard InChI is InChI=1S/C14H16N2O5S/c1-20-14(17)12-8-15-16-9-11(2-3-13(12)16)21-10-4-6-22(18,19)7-5-10/h2-3,8-10H,4-7H2,1H3. The van der Waals surface area contributed by atoms with Crippen LogP contribution in [0, 0.1) is 0 Å². The van der Waals surface area contributed by atoms with Crippen LogP contribution < -0.4 is 4.74 Å². The molecule has 3 rings (SSSR count). The van der Waals surface area contributed by atoms with Gasteiger partial charge in [-0.1, -0.05) is 0 Å². The minimum Gasteiger partial charge on any atom is -0.489 e. The van der Waals surface area contributed by atoms with Gasteiger partial charge in [0.05, 0.1) is 36.5 Å². The monoisotopic (exact) mass is 324 g/mol. The molecule has 0 aromatic carbocycles. The third-order valence-corrected chi connectivity index (χ3v) is 5.41. The summed E-state index contributed by atoms with van der Waals surface area (Å²) in [6.45, 7) is 0. The van der Waals surface area contributed by atoms with Gasteiger partial charge >= 0.3 is 5.97 Å². The summed E-state index contributed by atoms with van der Waals surface area (Å²) in [5.41, 5.74) is 1.02. The van der Waals surface area contributed by atoms with Crippen LogP contribution in [0.2, 0.25) is 0 Å². The van der Waals surface area contributed by atoms with Crippen molar-refractivity contribution in [2.24, 2.45) is 0 Å². The normalized spacial score (nSPS) is 18.2. The number of methoxy groups -OCH3 is 1. The van der Waals surface area contributed by atoms with Crippen LogP contribution in [0.15, 0.2) is 24.5 Å². The Labute approximate surface area is 127 Å². The van der Waals surface area contributed by atoms with Crippen molar-refractivity contribution in [3.8, 4) is 5.75 Å². The summed E-state index contributed by atoms with van der Waals surface area (Å²) in [5.74, 6) is 0.472. The average molecular weight is 324 g/mol. The quantitative estimate of drug-likeness (QED) is 0.785. The number of pyridine rings is 1. The number of sulfone groups is 1. The number of fused-ring (bicyclic) bond motifs is 1. The smallest absolute Gasteiger partial charge is 0.341 e. The zero-order chi connectivity index (χ0) is 15.7. The van der Waals surface area contributed by atoms with E-state index in [4.69, 9.17) is 9.47 Å². The Morgan fingerprint density at radius 2 is 2.05 bits per heavy atom. The molecule has 0 bridgehead atoms. The molecule has 1 aliphatic heterocycles. The van der Waals surface area contributed by atoms with E-state index >= 15 is 0 Å². The lowest BCUT2D eigenvalue weighted by Gasteiger charge is -2.23. The summed E-state index contributed by atoms with van der Waals surface area (Å²) in [6, 6.07) is 3.47. The molecule has 0 radical (unpaired) electrons. The maximum absolute atomic E-state index is 11.6. The Bertz CT molecular complexity index is 798. The van der Waals surface area contributed by atoms with Crippen LogP contribution in [0.25, 0.3) is 5.52 Å². The highest BCUT2D eigenvalue weighted by molar-refractivity contribution is 7.91. The van der Waals surface area contributed by atoms with Gasteiger partial charge in [-0.25, -0.2) is 17.7 Å². The molecule has 2 aromatic heterocycles. The van der Waals surface area contributed by atoms with E-state index in [1.165, 1.54) is 13.3 Å². The second kappa shape index (κ2) is 5.60. The van der Waals surface area contributed by atoms with E-state index in [0.717, 1.165) is 0 Å². The van der Waals surface area contributed by atoms with Crippen molar-refractivity contribution in [2.75, 3.05) is 18.6 Å². The minimum absolute atomic E-state index is 0.114. The van der Waals surface area contributed by atoms with Gasteiger partial charge in [-0.15, -0.1) is 0 Å². The average Bonchev–Trinajstić information content (AvgIpc) is 2.92. The number of esters is 1. The molecule has 0 saturated carbocycles. The predicted molar refractivity (Wildman–Crippen MR) is 78.8 cm³/mol. The van der Waals surface area contributed by atoms with Crippen LogP contribution in [0.4, 0.5) is 0 Å². The van der Waals surface area contributed by atoms with Crippen molar-refractivity contribution < 1.29 is 22.7 Å². The van der Waals surface area contributed by atoms with E-state index < -0.39 is 15.8 Å². The Hall–Kier alpha value is -2.09. The van der Waals surface area contributed by atoms with Crippen LogP contribution in [-0.2, 0) is 14.6 Å². The van der Waals surface area contributed by atoms with E-state index in [1.807, 2.05) is 0 Å². The first-order valence-corrected chi connectivity index (χ1v) is 8.73. The Morgan fingerprint density at radius 3 is 2.73 bits per heavy atom. The molecule has 0 unspecified atom stereocenters. The fraction of sp³-hybridized carbons (Fsp3) is 0.429. The molecule has 0 aliphatic carbocycles. The molecule has 2 aromatic rings. The molecular formula is C14H16N2O5S. The lowest BCUT2D eigenvalue weighted by Crippen LogP contribution is -2.30. The molecule has 118 valence electrons. The van der Waals surface area contributed by atoms with Gasteiger partial charge in [-0.05, 0) is 25.0 Å². The highest BCUT2D eigenvalue weighted by Crippen LogP contribution is 2.22. The lowest BCUT2D eigenvalue weighted by molar-refractivity contribution is 0.0603. The summed E-state index contributed by atoms with van der Waals surface area (Å²) in [6.07, 6.45) is 3.99. The Balaban J connectivity index is 1.77. The van der Waals surface area contributed by atoms with Crippen LogP contribution in [-0.4, -0.2) is 48.7 Å². The molecule has 1 fully saturated rings. The molecule has 1 aliphatic rings. The van der Waals surface area contributed by atoms with Gasteiger partial charge in [0.15, 0.2) is 9.84 Å². The summed E-state index contributed by atoms with van der Waals surface area (Å²) in [5, 5.41) is 4.10. The van der Waals surface area contributed by atoms with E-state index in [1.54, 1.807) is 22.8 Å². The van der Waals surface area contributed by atoms with Crippen molar-refractivity contribution >= 4 is 21.3 Å². The molecule has 0 amide bonds. The number of hydrogen-bond donors (Lipinski definition) is 0. The molecule has 7 nitrogen and oxygen atoms in total. The number of nitrogens with zero attached hydrogens (tertiary/aromatic N) is 2. The molecule has 22 heavy (non-hydrogen) atoms. The maximum Gasteiger partial charge on any atom is 0.341 e. The number of hydrogen-bond acceptors (Lipinski definition) is 6. The number of rotatable bonds is 3. The van der Waals surface area contributed by atoms with E-state index in [9.17, 15) is 13.2 Å². The first-order valence-electron chi connectivity index (χ1n) is 6.91. The Kier molecular flexibility index (Phi) is 3.78. The van der Waals surface area contributed by atoms with Crippen molar-refractivity contribution in [1.82, 2.24) is 9.61 Å². The zero-order valence-electron chi connectivity index (χ0n) is 12.1. The number of carbonyl (C=O) groups is 1. The fourth-order valence-electron chi connectivity index (χ4n) is 2.48. The second-order valence-electron chi connectivity index (χ2n) is 5.21. The van der Waals surface area contributed by atoms with Crippen LogP contribution in [0.1, 0.15) is 23.2 Å². The highest BCUT2D eigenvalue weighted by Gasteiger charge is 2.25. The van der Waals surface area contributed by atoms with Gasteiger partial charge in [-0.2, -0.15) is 5.10 Å². The fourth-order valence-corrected chi connectivity index (χ4v) is 3.93. The molecule has 1 saturated heterocycles. The van der Waals surface area contributed by atoms with Gasteiger partial charge < -0.3 is 9.47 Å². The van der Waals surface area contributed by atoms with Crippen LogP contribution >= 0.6 is 0 Å². The molecule has 8 heteroatoms. The summed E-state index contributed by atoms with van der Waals surface area (Å²) in [7, 11) is -1.58. The zero-order valence-corrected chi connectivity index (χ0v) is 12.9. The van der Waals surface area contributed by atoms with E-state index in [-0.39, 0.29) is 17.6 Å². The summed E-state index contributed by atoms with van der Waals surface area (Å²) >= 11 is 0. The third kappa shape index (κ3) is 2.92. The lowest BCUT2D eigenvalue weighted by atomic mass is 10.2. The first kappa shape index (κ1) is 14.8. The summed E-state index contributed by atoms with van der Waals surface area (Å²) in [4.78, 5) is 11.6. The van der Waals surface area contributed by atoms with Crippen molar-refractivity contribution in [1.29, 1.82) is 0 Å². The molecule has 0 N–H and O–H groups in total. The van der Waals surface area contributed by atoms with Crippen molar-refractivity contribution in [3.63, 3.8) is 0 Å².